The summed E-state index contributed by atoms with van der Waals surface area (Å²) in [5, 5.41) is 6.65. The molecule has 0 aliphatic carbocycles. The highest BCUT2D eigenvalue weighted by atomic mass is 16.5. The molecule has 1 atom stereocenters. The Morgan fingerprint density at radius 3 is 3.10 bits per heavy atom. The Kier molecular flexibility index (Phi) is 3.60. The summed E-state index contributed by atoms with van der Waals surface area (Å²) in [6.45, 7) is 4.47. The molecule has 1 aromatic carbocycles. The molecule has 1 amide bonds. The van der Waals surface area contributed by atoms with Crippen LogP contribution >= 0.6 is 0 Å². The van der Waals surface area contributed by atoms with Crippen LogP contribution in [0.25, 0.3) is 0 Å². The van der Waals surface area contributed by atoms with Crippen LogP contribution in [0.1, 0.15) is 47.0 Å². The molecular formula is C15H17N3O3. The van der Waals surface area contributed by atoms with E-state index in [9.17, 15) is 4.79 Å². The normalized spacial score (nSPS) is 17.0. The van der Waals surface area contributed by atoms with Gasteiger partial charge in [0, 0.05) is 18.4 Å². The first-order valence-corrected chi connectivity index (χ1v) is 7.04. The summed E-state index contributed by atoms with van der Waals surface area (Å²) >= 11 is 0. The molecule has 1 N–H and O–H groups in total. The lowest BCUT2D eigenvalue weighted by Crippen LogP contribution is -2.33. The minimum absolute atomic E-state index is 0.0764. The van der Waals surface area contributed by atoms with Gasteiger partial charge in [0.05, 0.1) is 12.6 Å². The van der Waals surface area contributed by atoms with Crippen LogP contribution in [-0.2, 0) is 6.42 Å². The Morgan fingerprint density at radius 2 is 2.33 bits per heavy atom. The lowest BCUT2D eigenvalue weighted by Gasteiger charge is -2.27. The number of aromatic nitrogens is 2. The van der Waals surface area contributed by atoms with Gasteiger partial charge in [-0.25, -0.2) is 0 Å². The standard InChI is InChI=1S/C15H17N3O3/c1-3-12-17-14(18-21-12)15(19)16-11-7-8-20-13-9(2)5-4-6-10(11)13/h4-6,11H,3,7-8H2,1-2H3,(H,16,19)/t11-/m1/s1. The van der Waals surface area contributed by atoms with Crippen molar-refractivity contribution in [3.05, 3.63) is 41.0 Å². The Labute approximate surface area is 122 Å². The monoisotopic (exact) mass is 287 g/mol. The van der Waals surface area contributed by atoms with Crippen molar-refractivity contribution in [2.45, 2.75) is 32.7 Å². The number of fused-ring (bicyclic) bond motifs is 1. The molecule has 1 aliphatic rings. The summed E-state index contributed by atoms with van der Waals surface area (Å²) in [6.07, 6.45) is 1.33. The quantitative estimate of drug-likeness (QED) is 0.936. The smallest absolute Gasteiger partial charge is 0.293 e. The van der Waals surface area contributed by atoms with E-state index in [1.165, 1.54) is 0 Å². The molecule has 0 fully saturated rings. The number of hydrogen-bond donors (Lipinski definition) is 1. The van der Waals surface area contributed by atoms with Crippen LogP contribution < -0.4 is 10.1 Å². The third-order valence-corrected chi connectivity index (χ3v) is 3.55. The average molecular weight is 287 g/mol. The maximum absolute atomic E-state index is 12.2. The zero-order valence-corrected chi connectivity index (χ0v) is 12.0. The summed E-state index contributed by atoms with van der Waals surface area (Å²) in [5.74, 6) is 1.07. The van der Waals surface area contributed by atoms with Crippen molar-refractivity contribution in [3.63, 3.8) is 0 Å². The van der Waals surface area contributed by atoms with E-state index in [-0.39, 0.29) is 17.8 Å². The van der Waals surface area contributed by atoms with Crippen LogP contribution in [0.4, 0.5) is 0 Å². The number of hydrogen-bond acceptors (Lipinski definition) is 5. The molecule has 0 spiro atoms. The van der Waals surface area contributed by atoms with Gasteiger partial charge in [-0.3, -0.25) is 4.79 Å². The summed E-state index contributed by atoms with van der Waals surface area (Å²) in [5.41, 5.74) is 2.06. The summed E-state index contributed by atoms with van der Waals surface area (Å²) in [6, 6.07) is 5.84. The summed E-state index contributed by atoms with van der Waals surface area (Å²) in [7, 11) is 0. The van der Waals surface area contributed by atoms with Gasteiger partial charge in [-0.05, 0) is 12.5 Å². The van der Waals surface area contributed by atoms with Crippen LogP contribution in [-0.4, -0.2) is 22.7 Å². The number of amides is 1. The fraction of sp³-hybridized carbons (Fsp3) is 0.400. The number of ether oxygens (including phenoxy) is 1. The topological polar surface area (TPSA) is 77.2 Å². The first-order valence-electron chi connectivity index (χ1n) is 7.04. The van der Waals surface area contributed by atoms with E-state index >= 15 is 0 Å². The first kappa shape index (κ1) is 13.6. The highest BCUT2D eigenvalue weighted by Gasteiger charge is 2.26. The van der Waals surface area contributed by atoms with Gasteiger partial charge >= 0.3 is 0 Å². The van der Waals surface area contributed by atoms with Crippen LogP contribution in [0, 0.1) is 6.92 Å². The molecule has 6 nitrogen and oxygen atoms in total. The maximum atomic E-state index is 12.2. The van der Waals surface area contributed by atoms with E-state index in [0.717, 1.165) is 23.3 Å². The van der Waals surface area contributed by atoms with Crippen molar-refractivity contribution in [3.8, 4) is 5.75 Å². The summed E-state index contributed by atoms with van der Waals surface area (Å²) in [4.78, 5) is 16.2. The lowest BCUT2D eigenvalue weighted by molar-refractivity contribution is 0.0911. The van der Waals surface area contributed by atoms with E-state index in [4.69, 9.17) is 9.26 Å². The average Bonchev–Trinajstić information content (AvgIpc) is 2.97. The first-order chi connectivity index (χ1) is 10.2. The van der Waals surface area contributed by atoms with Crippen molar-refractivity contribution < 1.29 is 14.1 Å². The van der Waals surface area contributed by atoms with E-state index in [1.807, 2.05) is 32.0 Å². The molecule has 6 heteroatoms. The van der Waals surface area contributed by atoms with Crippen molar-refractivity contribution in [1.29, 1.82) is 0 Å². The highest BCUT2D eigenvalue weighted by Crippen LogP contribution is 2.34. The van der Waals surface area contributed by atoms with E-state index < -0.39 is 0 Å². The summed E-state index contributed by atoms with van der Waals surface area (Å²) < 4.78 is 10.7. The molecule has 2 aromatic rings. The van der Waals surface area contributed by atoms with Crippen LogP contribution in [0.3, 0.4) is 0 Å². The van der Waals surface area contributed by atoms with Gasteiger partial charge in [-0.15, -0.1) is 0 Å². The molecular weight excluding hydrogens is 270 g/mol. The van der Waals surface area contributed by atoms with Gasteiger partial charge < -0.3 is 14.6 Å². The highest BCUT2D eigenvalue weighted by molar-refractivity contribution is 5.90. The van der Waals surface area contributed by atoms with E-state index in [1.54, 1.807) is 0 Å². The number of para-hydroxylation sites is 1. The van der Waals surface area contributed by atoms with E-state index in [0.29, 0.717) is 18.9 Å². The molecule has 0 unspecified atom stereocenters. The number of nitrogens with one attached hydrogen (secondary N) is 1. The molecule has 2 heterocycles. The van der Waals surface area contributed by atoms with Gasteiger partial charge in [0.25, 0.3) is 11.7 Å². The largest absolute Gasteiger partial charge is 0.493 e. The molecule has 0 bridgehead atoms. The van der Waals surface area contributed by atoms with Gasteiger partial charge in [0.1, 0.15) is 5.75 Å². The zero-order chi connectivity index (χ0) is 14.8. The van der Waals surface area contributed by atoms with Crippen molar-refractivity contribution in [1.82, 2.24) is 15.5 Å². The van der Waals surface area contributed by atoms with Gasteiger partial charge in [0.2, 0.25) is 5.89 Å². The van der Waals surface area contributed by atoms with Crippen LogP contribution in [0.2, 0.25) is 0 Å². The number of benzene rings is 1. The SMILES string of the molecule is CCc1nc(C(=O)N[C@@H]2CCOc3c(C)cccc32)no1. The minimum atomic E-state index is -0.321. The Hall–Kier alpha value is -2.37. The predicted octanol–water partition coefficient (Wildman–Crippen LogP) is 2.19. The Balaban J connectivity index is 1.80. The molecule has 21 heavy (non-hydrogen) atoms. The fourth-order valence-corrected chi connectivity index (χ4v) is 2.44. The number of aryl methyl sites for hydroxylation is 2. The second-order valence-corrected chi connectivity index (χ2v) is 5.02. The molecule has 0 radical (unpaired) electrons. The number of nitrogens with zero attached hydrogens (tertiary/aromatic N) is 2. The molecule has 3 rings (SSSR count). The van der Waals surface area contributed by atoms with Crippen molar-refractivity contribution in [2.24, 2.45) is 0 Å². The predicted molar refractivity (Wildman–Crippen MR) is 75.2 cm³/mol. The fourth-order valence-electron chi connectivity index (χ4n) is 2.44. The van der Waals surface area contributed by atoms with E-state index in [2.05, 4.69) is 15.5 Å². The Morgan fingerprint density at radius 1 is 1.48 bits per heavy atom. The third kappa shape index (κ3) is 2.61. The maximum Gasteiger partial charge on any atom is 0.293 e. The minimum Gasteiger partial charge on any atom is -0.493 e. The zero-order valence-electron chi connectivity index (χ0n) is 12.0. The van der Waals surface area contributed by atoms with Crippen molar-refractivity contribution in [2.75, 3.05) is 6.61 Å². The second kappa shape index (κ2) is 5.55. The van der Waals surface area contributed by atoms with Crippen LogP contribution in [0.5, 0.6) is 5.75 Å². The molecule has 110 valence electrons. The third-order valence-electron chi connectivity index (χ3n) is 3.55. The molecule has 0 saturated carbocycles. The second-order valence-electron chi connectivity index (χ2n) is 5.02. The van der Waals surface area contributed by atoms with Gasteiger partial charge in [-0.2, -0.15) is 4.98 Å². The van der Waals surface area contributed by atoms with Gasteiger partial charge in [-0.1, -0.05) is 30.3 Å². The molecule has 0 saturated heterocycles. The number of carbonyl (C=O) groups is 1. The molecule has 1 aliphatic heterocycles. The van der Waals surface area contributed by atoms with Crippen LogP contribution in [0.15, 0.2) is 22.7 Å². The Bertz CT molecular complexity index is 666. The lowest BCUT2D eigenvalue weighted by atomic mass is 9.98. The molecule has 1 aromatic heterocycles. The van der Waals surface area contributed by atoms with Crippen molar-refractivity contribution >= 4 is 5.91 Å². The van der Waals surface area contributed by atoms with Gasteiger partial charge in [0.15, 0.2) is 0 Å². The number of rotatable bonds is 3. The number of carbonyl (C=O) groups excluding carboxylic acids is 1.